The zero-order valence-corrected chi connectivity index (χ0v) is 10.6. The summed E-state index contributed by atoms with van der Waals surface area (Å²) in [6.07, 6.45) is 2.52. The van der Waals surface area contributed by atoms with Crippen LogP contribution in [0.5, 0.6) is 5.75 Å². The van der Waals surface area contributed by atoms with Gasteiger partial charge in [-0.3, -0.25) is 4.79 Å². The van der Waals surface area contributed by atoms with Crippen LogP contribution in [0.15, 0.2) is 18.2 Å². The summed E-state index contributed by atoms with van der Waals surface area (Å²) in [5.74, 6) is 0.407. The molecule has 18 heavy (non-hydrogen) atoms. The predicted molar refractivity (Wildman–Crippen MR) is 70.7 cm³/mol. The summed E-state index contributed by atoms with van der Waals surface area (Å²) in [5.41, 5.74) is 6.67. The van der Waals surface area contributed by atoms with Crippen molar-refractivity contribution in [2.45, 2.75) is 19.3 Å². The van der Waals surface area contributed by atoms with Crippen LogP contribution in [0.2, 0.25) is 0 Å². The Morgan fingerprint density at radius 1 is 1.33 bits per heavy atom. The Hall–Kier alpha value is -1.75. The van der Waals surface area contributed by atoms with Gasteiger partial charge in [0.05, 0.1) is 7.11 Å². The van der Waals surface area contributed by atoms with E-state index in [1.165, 1.54) is 7.11 Å². The zero-order valence-electron chi connectivity index (χ0n) is 10.6. The van der Waals surface area contributed by atoms with Crippen LogP contribution in [-0.4, -0.2) is 31.3 Å². The lowest BCUT2D eigenvalue weighted by Gasteiger charge is -2.07. The van der Waals surface area contributed by atoms with Crippen LogP contribution < -0.4 is 15.8 Å². The average Bonchev–Trinajstić information content (AvgIpc) is 2.37. The van der Waals surface area contributed by atoms with Crippen LogP contribution in [0.4, 0.5) is 5.69 Å². The fraction of sp³-hybridized carbons (Fsp3) is 0.462. The SMILES string of the molecule is COc1cc(N)cc(C(=O)NCCCCCO)c1. The molecule has 0 aromatic heterocycles. The van der Waals surface area contributed by atoms with Crippen LogP contribution in [-0.2, 0) is 0 Å². The molecule has 1 rings (SSSR count). The number of carbonyl (C=O) groups excluding carboxylic acids is 1. The lowest BCUT2D eigenvalue weighted by atomic mass is 10.1. The van der Waals surface area contributed by atoms with E-state index in [0.717, 1.165) is 19.3 Å². The highest BCUT2D eigenvalue weighted by molar-refractivity contribution is 5.95. The van der Waals surface area contributed by atoms with Gasteiger partial charge in [-0.15, -0.1) is 0 Å². The number of carbonyl (C=O) groups is 1. The molecule has 0 fully saturated rings. The smallest absolute Gasteiger partial charge is 0.251 e. The van der Waals surface area contributed by atoms with Crippen LogP contribution in [0, 0.1) is 0 Å². The number of nitrogens with one attached hydrogen (secondary N) is 1. The highest BCUT2D eigenvalue weighted by Gasteiger charge is 2.07. The molecule has 4 N–H and O–H groups in total. The van der Waals surface area contributed by atoms with Gasteiger partial charge in [0.1, 0.15) is 5.75 Å². The summed E-state index contributed by atoms with van der Waals surface area (Å²) in [6, 6.07) is 4.93. The van der Waals surface area contributed by atoms with Crippen molar-refractivity contribution in [2.75, 3.05) is 26.0 Å². The molecule has 1 amide bonds. The molecule has 5 nitrogen and oxygen atoms in total. The predicted octanol–water partition coefficient (Wildman–Crippen LogP) is 1.17. The van der Waals surface area contributed by atoms with E-state index >= 15 is 0 Å². The van der Waals surface area contributed by atoms with Gasteiger partial charge < -0.3 is 20.9 Å². The topological polar surface area (TPSA) is 84.6 Å². The molecule has 0 radical (unpaired) electrons. The van der Waals surface area contributed by atoms with E-state index < -0.39 is 0 Å². The van der Waals surface area contributed by atoms with Crippen LogP contribution in [0.25, 0.3) is 0 Å². The van der Waals surface area contributed by atoms with Gasteiger partial charge in [0.25, 0.3) is 5.91 Å². The lowest BCUT2D eigenvalue weighted by molar-refractivity contribution is 0.0952. The van der Waals surface area contributed by atoms with E-state index in [1.807, 2.05) is 0 Å². The zero-order chi connectivity index (χ0) is 13.4. The molecular weight excluding hydrogens is 232 g/mol. The Kier molecular flexibility index (Phi) is 6.00. The molecule has 0 aliphatic carbocycles. The standard InChI is InChI=1S/C13H20N2O3/c1-18-12-8-10(7-11(14)9-12)13(17)15-5-3-2-4-6-16/h7-9,16H,2-6,14H2,1H3,(H,15,17). The van der Waals surface area contributed by atoms with Crippen molar-refractivity contribution >= 4 is 11.6 Å². The van der Waals surface area contributed by atoms with Gasteiger partial charge in [0, 0.05) is 30.5 Å². The van der Waals surface area contributed by atoms with Gasteiger partial charge in [0.2, 0.25) is 0 Å². The Morgan fingerprint density at radius 2 is 2.11 bits per heavy atom. The molecule has 0 unspecified atom stereocenters. The number of benzene rings is 1. The maximum absolute atomic E-state index is 11.8. The Morgan fingerprint density at radius 3 is 2.78 bits per heavy atom. The number of aliphatic hydroxyl groups excluding tert-OH is 1. The second kappa shape index (κ2) is 7.55. The molecule has 0 atom stereocenters. The fourth-order valence-electron chi connectivity index (χ4n) is 1.59. The molecule has 100 valence electrons. The van der Waals surface area contributed by atoms with Crippen molar-refractivity contribution in [3.8, 4) is 5.75 Å². The third-order valence-corrected chi connectivity index (χ3v) is 2.55. The van der Waals surface area contributed by atoms with Gasteiger partial charge in [0.15, 0.2) is 0 Å². The van der Waals surface area contributed by atoms with Gasteiger partial charge >= 0.3 is 0 Å². The summed E-state index contributed by atoms with van der Waals surface area (Å²) in [7, 11) is 1.53. The summed E-state index contributed by atoms with van der Waals surface area (Å²) in [4.78, 5) is 11.8. The van der Waals surface area contributed by atoms with Crippen molar-refractivity contribution < 1.29 is 14.6 Å². The molecule has 5 heteroatoms. The van der Waals surface area contributed by atoms with Crippen LogP contribution in [0.1, 0.15) is 29.6 Å². The summed E-state index contributed by atoms with van der Waals surface area (Å²) in [5, 5.41) is 11.4. The first kappa shape index (κ1) is 14.3. The second-order valence-corrected chi connectivity index (χ2v) is 4.04. The maximum atomic E-state index is 11.8. The first-order chi connectivity index (χ1) is 8.67. The van der Waals surface area contributed by atoms with Crippen molar-refractivity contribution in [1.82, 2.24) is 5.32 Å². The van der Waals surface area contributed by atoms with E-state index in [4.69, 9.17) is 15.6 Å². The van der Waals surface area contributed by atoms with Crippen molar-refractivity contribution in [3.05, 3.63) is 23.8 Å². The number of nitrogen functional groups attached to an aromatic ring is 1. The first-order valence-corrected chi connectivity index (χ1v) is 6.01. The van der Waals surface area contributed by atoms with E-state index in [9.17, 15) is 4.79 Å². The van der Waals surface area contributed by atoms with Gasteiger partial charge in [-0.05, 0) is 31.4 Å². The minimum Gasteiger partial charge on any atom is -0.497 e. The minimum absolute atomic E-state index is 0.162. The minimum atomic E-state index is -0.162. The maximum Gasteiger partial charge on any atom is 0.251 e. The second-order valence-electron chi connectivity index (χ2n) is 4.04. The third-order valence-electron chi connectivity index (χ3n) is 2.55. The molecule has 0 aliphatic heterocycles. The molecule has 0 aliphatic rings. The van der Waals surface area contributed by atoms with E-state index in [0.29, 0.717) is 23.5 Å². The number of aliphatic hydroxyl groups is 1. The Bertz CT molecular complexity index is 394. The molecule has 0 spiro atoms. The number of anilines is 1. The fourth-order valence-corrected chi connectivity index (χ4v) is 1.59. The Balaban J connectivity index is 2.48. The van der Waals surface area contributed by atoms with E-state index in [1.54, 1.807) is 18.2 Å². The Labute approximate surface area is 107 Å². The number of methoxy groups -OCH3 is 1. The van der Waals surface area contributed by atoms with Crippen molar-refractivity contribution in [1.29, 1.82) is 0 Å². The van der Waals surface area contributed by atoms with Crippen LogP contribution in [0.3, 0.4) is 0 Å². The largest absolute Gasteiger partial charge is 0.497 e. The highest BCUT2D eigenvalue weighted by Crippen LogP contribution is 2.18. The number of ether oxygens (including phenoxy) is 1. The van der Waals surface area contributed by atoms with Gasteiger partial charge in [-0.2, -0.15) is 0 Å². The molecule has 0 saturated heterocycles. The average molecular weight is 252 g/mol. The quantitative estimate of drug-likeness (QED) is 0.502. The number of amides is 1. The summed E-state index contributed by atoms with van der Waals surface area (Å²) >= 11 is 0. The van der Waals surface area contributed by atoms with E-state index in [2.05, 4.69) is 5.32 Å². The van der Waals surface area contributed by atoms with Crippen molar-refractivity contribution in [2.24, 2.45) is 0 Å². The molecule has 0 saturated carbocycles. The number of nitrogens with two attached hydrogens (primary N) is 1. The highest BCUT2D eigenvalue weighted by atomic mass is 16.5. The first-order valence-electron chi connectivity index (χ1n) is 6.01. The van der Waals surface area contributed by atoms with Crippen LogP contribution >= 0.6 is 0 Å². The lowest BCUT2D eigenvalue weighted by Crippen LogP contribution is -2.24. The number of rotatable bonds is 7. The van der Waals surface area contributed by atoms with Gasteiger partial charge in [-0.1, -0.05) is 0 Å². The number of unbranched alkanes of at least 4 members (excludes halogenated alkanes) is 2. The van der Waals surface area contributed by atoms with Gasteiger partial charge in [-0.25, -0.2) is 0 Å². The van der Waals surface area contributed by atoms with Crippen molar-refractivity contribution in [3.63, 3.8) is 0 Å². The summed E-state index contributed by atoms with van der Waals surface area (Å²) in [6.45, 7) is 0.788. The molecule has 1 aromatic carbocycles. The molecule has 0 bridgehead atoms. The number of hydrogen-bond acceptors (Lipinski definition) is 4. The molecular formula is C13H20N2O3. The van der Waals surface area contributed by atoms with E-state index in [-0.39, 0.29) is 12.5 Å². The third kappa shape index (κ3) is 4.63. The summed E-state index contributed by atoms with van der Waals surface area (Å²) < 4.78 is 5.06. The molecule has 0 heterocycles. The number of hydrogen-bond donors (Lipinski definition) is 3. The monoisotopic (exact) mass is 252 g/mol. The normalized spacial score (nSPS) is 10.1. The molecule has 1 aromatic rings.